The first-order valence-corrected chi connectivity index (χ1v) is 5.94. The normalized spacial score (nSPS) is 30.4. The third-order valence-corrected chi connectivity index (χ3v) is 3.58. The molecule has 2 fully saturated rings. The number of ether oxygens (including phenoxy) is 1. The number of likely N-dealkylation sites (tertiary alicyclic amines) is 1. The van der Waals surface area contributed by atoms with E-state index in [9.17, 15) is 4.79 Å². The molecule has 5 nitrogen and oxygen atoms in total. The summed E-state index contributed by atoms with van der Waals surface area (Å²) in [6, 6.07) is 0.543. The van der Waals surface area contributed by atoms with E-state index in [0.29, 0.717) is 19.2 Å². The van der Waals surface area contributed by atoms with E-state index in [0.717, 1.165) is 32.5 Å². The summed E-state index contributed by atoms with van der Waals surface area (Å²) in [6.45, 7) is 4.19. The van der Waals surface area contributed by atoms with E-state index < -0.39 is 12.1 Å². The molecule has 2 rings (SSSR count). The lowest BCUT2D eigenvalue weighted by Crippen LogP contribution is -2.52. The topological polar surface area (TPSA) is 53.0 Å². The van der Waals surface area contributed by atoms with Gasteiger partial charge in [-0.1, -0.05) is 0 Å². The number of morpholine rings is 1. The van der Waals surface area contributed by atoms with Gasteiger partial charge in [0.05, 0.1) is 6.61 Å². The molecular weight excluding hydrogens is 208 g/mol. The van der Waals surface area contributed by atoms with Gasteiger partial charge in [-0.2, -0.15) is 0 Å². The molecule has 0 spiro atoms. The Bertz CT molecular complexity index is 252. The van der Waals surface area contributed by atoms with Gasteiger partial charge >= 0.3 is 5.97 Å². The van der Waals surface area contributed by atoms with Crippen LogP contribution < -0.4 is 0 Å². The number of carbonyl (C=O) groups is 1. The lowest BCUT2D eigenvalue weighted by Gasteiger charge is -2.40. The molecule has 0 aliphatic carbocycles. The van der Waals surface area contributed by atoms with Crippen LogP contribution in [-0.2, 0) is 9.53 Å². The van der Waals surface area contributed by atoms with Crippen molar-refractivity contribution in [2.24, 2.45) is 0 Å². The maximum atomic E-state index is 10.9. The van der Waals surface area contributed by atoms with Gasteiger partial charge in [0.15, 0.2) is 6.10 Å². The third kappa shape index (κ3) is 2.72. The quantitative estimate of drug-likeness (QED) is 0.713. The zero-order chi connectivity index (χ0) is 11.5. The first kappa shape index (κ1) is 11.8. The minimum atomic E-state index is -0.836. The number of nitrogens with zero attached hydrogens (tertiary/aromatic N) is 2. The number of hydrogen-bond acceptors (Lipinski definition) is 4. The van der Waals surface area contributed by atoms with Crippen molar-refractivity contribution < 1.29 is 14.6 Å². The molecular formula is C11H20N2O3. The first-order chi connectivity index (χ1) is 7.66. The van der Waals surface area contributed by atoms with Crippen LogP contribution in [0.3, 0.4) is 0 Å². The lowest BCUT2D eigenvalue weighted by molar-refractivity contribution is -0.157. The van der Waals surface area contributed by atoms with Crippen LogP contribution in [0.2, 0.25) is 0 Å². The average molecular weight is 228 g/mol. The summed E-state index contributed by atoms with van der Waals surface area (Å²) in [5, 5.41) is 8.94. The van der Waals surface area contributed by atoms with E-state index in [2.05, 4.69) is 16.8 Å². The molecule has 1 N–H and O–H groups in total. The Hall–Kier alpha value is -0.650. The average Bonchev–Trinajstić information content (AvgIpc) is 2.30. The van der Waals surface area contributed by atoms with Crippen molar-refractivity contribution in [3.05, 3.63) is 0 Å². The molecule has 2 aliphatic rings. The molecule has 1 unspecified atom stereocenters. The van der Waals surface area contributed by atoms with Crippen LogP contribution in [0, 0.1) is 0 Å². The second-order valence-electron chi connectivity index (χ2n) is 4.73. The highest BCUT2D eigenvalue weighted by Gasteiger charge is 2.31. The molecule has 16 heavy (non-hydrogen) atoms. The Balaban J connectivity index is 1.87. The molecule has 0 saturated carbocycles. The zero-order valence-electron chi connectivity index (χ0n) is 9.76. The minimum Gasteiger partial charge on any atom is -0.479 e. The minimum absolute atomic E-state index is 0.543. The molecule has 0 aromatic heterocycles. The molecule has 5 heteroatoms. The Morgan fingerprint density at radius 1 is 1.31 bits per heavy atom. The van der Waals surface area contributed by atoms with Crippen LogP contribution in [0.1, 0.15) is 12.8 Å². The highest BCUT2D eigenvalue weighted by molar-refractivity contribution is 5.72. The summed E-state index contributed by atoms with van der Waals surface area (Å²) in [6.07, 6.45) is 1.65. The van der Waals surface area contributed by atoms with Crippen LogP contribution in [0.15, 0.2) is 0 Å². The number of carboxylic acid groups (broad SMARTS) is 1. The van der Waals surface area contributed by atoms with Crippen molar-refractivity contribution in [3.63, 3.8) is 0 Å². The number of carboxylic acids is 1. The standard InChI is InChI=1S/C11H20N2O3/c1-12-4-2-9(3-5-12)13-6-7-16-10(8-13)11(14)15/h9-10H,2-8H2,1H3,(H,14,15). The maximum absolute atomic E-state index is 10.9. The first-order valence-electron chi connectivity index (χ1n) is 5.94. The fraction of sp³-hybridized carbons (Fsp3) is 0.909. The summed E-state index contributed by atoms with van der Waals surface area (Å²) >= 11 is 0. The van der Waals surface area contributed by atoms with E-state index in [4.69, 9.17) is 9.84 Å². The van der Waals surface area contributed by atoms with Crippen molar-refractivity contribution in [1.29, 1.82) is 0 Å². The Kier molecular flexibility index (Phi) is 3.78. The highest BCUT2D eigenvalue weighted by Crippen LogP contribution is 2.18. The van der Waals surface area contributed by atoms with E-state index in [1.807, 2.05) is 0 Å². The molecule has 0 aromatic carbocycles. The van der Waals surface area contributed by atoms with Crippen molar-refractivity contribution in [2.45, 2.75) is 25.0 Å². The summed E-state index contributed by atoms with van der Waals surface area (Å²) in [5.74, 6) is -0.836. The van der Waals surface area contributed by atoms with Gasteiger partial charge in [0.2, 0.25) is 0 Å². The van der Waals surface area contributed by atoms with Crippen LogP contribution >= 0.6 is 0 Å². The van der Waals surface area contributed by atoms with Gasteiger partial charge in [0.25, 0.3) is 0 Å². The second-order valence-corrected chi connectivity index (χ2v) is 4.73. The fourth-order valence-electron chi connectivity index (χ4n) is 2.51. The van der Waals surface area contributed by atoms with Crippen molar-refractivity contribution in [3.8, 4) is 0 Å². The maximum Gasteiger partial charge on any atom is 0.334 e. The molecule has 0 radical (unpaired) electrons. The largest absolute Gasteiger partial charge is 0.479 e. The summed E-state index contributed by atoms with van der Waals surface area (Å²) < 4.78 is 5.23. The predicted molar refractivity (Wildman–Crippen MR) is 59.5 cm³/mol. The van der Waals surface area contributed by atoms with Crippen LogP contribution in [0.5, 0.6) is 0 Å². The molecule has 2 aliphatic heterocycles. The number of rotatable bonds is 2. The fourth-order valence-corrected chi connectivity index (χ4v) is 2.51. The van der Waals surface area contributed by atoms with E-state index in [-0.39, 0.29) is 0 Å². The van der Waals surface area contributed by atoms with E-state index >= 15 is 0 Å². The molecule has 92 valence electrons. The molecule has 2 heterocycles. The van der Waals surface area contributed by atoms with Gasteiger partial charge in [0.1, 0.15) is 0 Å². The number of piperidine rings is 1. The predicted octanol–water partition coefficient (Wildman–Crippen LogP) is -0.134. The Morgan fingerprint density at radius 2 is 2.00 bits per heavy atom. The van der Waals surface area contributed by atoms with Gasteiger partial charge < -0.3 is 14.7 Å². The van der Waals surface area contributed by atoms with Crippen molar-refractivity contribution in [1.82, 2.24) is 9.80 Å². The van der Waals surface area contributed by atoms with Gasteiger partial charge in [-0.15, -0.1) is 0 Å². The summed E-state index contributed by atoms with van der Waals surface area (Å²) in [5.41, 5.74) is 0. The zero-order valence-corrected chi connectivity index (χ0v) is 9.76. The smallest absolute Gasteiger partial charge is 0.334 e. The summed E-state index contributed by atoms with van der Waals surface area (Å²) in [7, 11) is 2.13. The Morgan fingerprint density at radius 3 is 2.62 bits per heavy atom. The third-order valence-electron chi connectivity index (χ3n) is 3.58. The van der Waals surface area contributed by atoms with Crippen LogP contribution in [0.25, 0.3) is 0 Å². The van der Waals surface area contributed by atoms with Crippen molar-refractivity contribution in [2.75, 3.05) is 39.8 Å². The monoisotopic (exact) mass is 228 g/mol. The second kappa shape index (κ2) is 5.12. The molecule has 1 atom stereocenters. The van der Waals surface area contributed by atoms with Crippen molar-refractivity contribution >= 4 is 5.97 Å². The van der Waals surface area contributed by atoms with Gasteiger partial charge in [-0.05, 0) is 33.0 Å². The van der Waals surface area contributed by atoms with Crippen LogP contribution in [-0.4, -0.2) is 72.9 Å². The SMILES string of the molecule is CN1CCC(N2CCOC(C(=O)O)C2)CC1. The van der Waals surface area contributed by atoms with Crippen LogP contribution in [0.4, 0.5) is 0 Å². The van der Waals surface area contributed by atoms with E-state index in [1.165, 1.54) is 0 Å². The Labute approximate surface area is 96.0 Å². The van der Waals surface area contributed by atoms with E-state index in [1.54, 1.807) is 0 Å². The van der Waals surface area contributed by atoms with Gasteiger partial charge in [-0.3, -0.25) is 4.90 Å². The lowest BCUT2D eigenvalue weighted by atomic mass is 10.0. The molecule has 0 amide bonds. The molecule has 2 saturated heterocycles. The van der Waals surface area contributed by atoms with Gasteiger partial charge in [-0.25, -0.2) is 4.79 Å². The number of aliphatic carboxylic acids is 1. The molecule has 0 aromatic rings. The number of hydrogen-bond donors (Lipinski definition) is 1. The highest BCUT2D eigenvalue weighted by atomic mass is 16.5. The summed E-state index contributed by atoms with van der Waals surface area (Å²) in [4.78, 5) is 15.5. The molecule has 0 bridgehead atoms. The van der Waals surface area contributed by atoms with Gasteiger partial charge in [0, 0.05) is 19.1 Å².